The van der Waals surface area contributed by atoms with E-state index in [0.29, 0.717) is 49.3 Å². The average molecular weight is 625 g/mol. The smallest absolute Gasteiger partial charge is 0.255 e. The quantitative estimate of drug-likeness (QED) is 0.170. The Morgan fingerprint density at radius 2 is 1.78 bits per heavy atom. The maximum atomic E-state index is 14.2. The summed E-state index contributed by atoms with van der Waals surface area (Å²) in [6.07, 6.45) is 11.4. The third kappa shape index (κ3) is 7.78. The molecule has 46 heavy (non-hydrogen) atoms. The van der Waals surface area contributed by atoms with Crippen molar-refractivity contribution in [1.29, 1.82) is 0 Å². The summed E-state index contributed by atoms with van der Waals surface area (Å²) in [6, 6.07) is 5.86. The minimum Gasteiger partial charge on any atom is -0.378 e. The van der Waals surface area contributed by atoms with Gasteiger partial charge in [0, 0.05) is 53.4 Å². The van der Waals surface area contributed by atoms with Gasteiger partial charge < -0.3 is 15.0 Å². The molecule has 1 amide bonds. The lowest BCUT2D eigenvalue weighted by Crippen LogP contribution is -2.37. The lowest BCUT2D eigenvalue weighted by Gasteiger charge is -2.30. The lowest BCUT2D eigenvalue weighted by atomic mass is 9.70. The Morgan fingerprint density at radius 1 is 1.09 bits per heavy atom. The van der Waals surface area contributed by atoms with Crippen molar-refractivity contribution in [3.63, 3.8) is 0 Å². The SMILES string of the molecule is C=C(C(=O)Nc1ccc(C)c(C(C=CC(=C)N2CCOCC2)=CC)c1)C1=C(C(=O)C2CCCCC(=O)C2(C)C)C=C(C(C)(C)C)C1. The number of hydrogen-bond donors (Lipinski definition) is 1. The first kappa shape index (κ1) is 35.1. The molecule has 1 N–H and O–H groups in total. The minimum absolute atomic E-state index is 0.0516. The molecule has 0 bridgehead atoms. The van der Waals surface area contributed by atoms with Crippen molar-refractivity contribution < 1.29 is 19.1 Å². The van der Waals surface area contributed by atoms with Crippen molar-refractivity contribution in [2.24, 2.45) is 16.7 Å². The number of hydrogen-bond acceptors (Lipinski definition) is 5. The Balaban J connectivity index is 1.58. The first-order valence-electron chi connectivity index (χ1n) is 16.6. The van der Waals surface area contributed by atoms with Crippen LogP contribution in [0, 0.1) is 23.7 Å². The second kappa shape index (κ2) is 14.3. The number of ketones is 2. The number of rotatable bonds is 9. The van der Waals surface area contributed by atoms with Crippen LogP contribution in [0.1, 0.15) is 84.8 Å². The third-order valence-electron chi connectivity index (χ3n) is 9.92. The van der Waals surface area contributed by atoms with Gasteiger partial charge in [0.1, 0.15) is 5.78 Å². The Kier molecular flexibility index (Phi) is 10.9. The molecule has 1 atom stereocenters. The summed E-state index contributed by atoms with van der Waals surface area (Å²) in [7, 11) is 0. The van der Waals surface area contributed by atoms with Gasteiger partial charge in [0.15, 0.2) is 5.78 Å². The zero-order valence-electron chi connectivity index (χ0n) is 29.0. The number of allylic oxidation sites excluding steroid dienone is 7. The van der Waals surface area contributed by atoms with Gasteiger partial charge >= 0.3 is 0 Å². The maximum absolute atomic E-state index is 14.2. The molecule has 3 aliphatic rings. The number of morpholine rings is 1. The van der Waals surface area contributed by atoms with E-state index >= 15 is 0 Å². The molecule has 6 nitrogen and oxygen atoms in total. The van der Waals surface area contributed by atoms with Gasteiger partial charge in [-0.3, -0.25) is 14.4 Å². The van der Waals surface area contributed by atoms with Crippen molar-refractivity contribution in [2.45, 2.75) is 80.6 Å². The molecule has 2 aliphatic carbocycles. The molecule has 0 spiro atoms. The summed E-state index contributed by atoms with van der Waals surface area (Å²) >= 11 is 0. The number of Topliss-reactive ketones (excluding diaryl/α,β-unsaturated/α-hetero) is 2. The van der Waals surface area contributed by atoms with Crippen LogP contribution in [0.25, 0.3) is 5.57 Å². The fourth-order valence-electron chi connectivity index (χ4n) is 6.56. The van der Waals surface area contributed by atoms with Crippen LogP contribution < -0.4 is 5.32 Å². The van der Waals surface area contributed by atoms with Gasteiger partial charge in [-0.2, -0.15) is 0 Å². The Morgan fingerprint density at radius 3 is 2.43 bits per heavy atom. The van der Waals surface area contributed by atoms with Gasteiger partial charge in [0.25, 0.3) is 5.91 Å². The molecule has 2 fully saturated rings. The summed E-state index contributed by atoms with van der Waals surface area (Å²) in [6.45, 7) is 25.7. The number of benzene rings is 1. The molecule has 1 saturated carbocycles. The van der Waals surface area contributed by atoms with Crippen molar-refractivity contribution in [3.8, 4) is 0 Å². The minimum atomic E-state index is -0.751. The highest BCUT2D eigenvalue weighted by atomic mass is 16.5. The first-order valence-corrected chi connectivity index (χ1v) is 16.6. The second-order valence-electron chi connectivity index (χ2n) is 14.4. The number of anilines is 1. The number of carbonyl (C=O) groups excluding carboxylic acids is 3. The topological polar surface area (TPSA) is 75.7 Å². The van der Waals surface area contributed by atoms with Crippen LogP contribution in [0.3, 0.4) is 0 Å². The zero-order chi connectivity index (χ0) is 33.8. The molecule has 4 rings (SSSR count). The van der Waals surface area contributed by atoms with Crippen LogP contribution >= 0.6 is 0 Å². The van der Waals surface area contributed by atoms with Crippen LogP contribution in [0.2, 0.25) is 0 Å². The highest BCUT2D eigenvalue weighted by molar-refractivity contribution is 6.11. The van der Waals surface area contributed by atoms with Gasteiger partial charge in [-0.25, -0.2) is 0 Å². The van der Waals surface area contributed by atoms with Crippen molar-refractivity contribution in [1.82, 2.24) is 4.90 Å². The molecule has 1 aromatic rings. The first-order chi connectivity index (χ1) is 21.6. The zero-order valence-corrected chi connectivity index (χ0v) is 29.0. The molecule has 0 aromatic heterocycles. The van der Waals surface area contributed by atoms with E-state index in [4.69, 9.17) is 4.74 Å². The number of nitrogens with one attached hydrogen (secondary N) is 1. The lowest BCUT2D eigenvalue weighted by molar-refractivity contribution is -0.135. The number of ether oxygens (including phenoxy) is 1. The summed E-state index contributed by atoms with van der Waals surface area (Å²) < 4.78 is 5.46. The summed E-state index contributed by atoms with van der Waals surface area (Å²) in [4.78, 5) is 43.2. The van der Waals surface area contributed by atoms with Gasteiger partial charge in [-0.05, 0) is 79.0 Å². The molecule has 6 heteroatoms. The van der Waals surface area contributed by atoms with E-state index in [-0.39, 0.29) is 28.5 Å². The Hall–Kier alpha value is -3.77. The largest absolute Gasteiger partial charge is 0.378 e. The van der Waals surface area contributed by atoms with E-state index in [1.807, 2.05) is 51.1 Å². The summed E-state index contributed by atoms with van der Waals surface area (Å²) in [5.74, 6) is -0.682. The normalized spacial score (nSPS) is 20.9. The van der Waals surface area contributed by atoms with E-state index in [1.165, 1.54) is 0 Å². The molecule has 1 heterocycles. The van der Waals surface area contributed by atoms with Crippen molar-refractivity contribution in [2.75, 3.05) is 31.6 Å². The van der Waals surface area contributed by atoms with E-state index in [2.05, 4.69) is 63.2 Å². The van der Waals surface area contributed by atoms with Crippen LogP contribution in [-0.4, -0.2) is 48.7 Å². The molecule has 0 radical (unpaired) electrons. The summed E-state index contributed by atoms with van der Waals surface area (Å²) in [5.41, 5.74) is 6.32. The van der Waals surface area contributed by atoms with E-state index in [0.717, 1.165) is 53.9 Å². The molecular formula is C40H52N2O4. The molecule has 1 aromatic carbocycles. The van der Waals surface area contributed by atoms with Crippen LogP contribution in [0.15, 0.2) is 83.7 Å². The standard InChI is InChI=1S/C40H52N2O4/c1-10-29(17-16-27(3)42-19-21-46-22-20-42)32-25-31(18-15-26(32)2)41-38(45)28(4)33-23-30(39(5,6)7)24-34(33)37(44)35-13-11-12-14-36(43)40(35,8)9/h10,15-18,24-25,35H,3-4,11-14,19-23H2,1-2,5-9H3,(H,41,45). The van der Waals surface area contributed by atoms with E-state index < -0.39 is 11.3 Å². The highest BCUT2D eigenvalue weighted by Crippen LogP contribution is 2.45. The van der Waals surface area contributed by atoms with Gasteiger partial charge in [-0.1, -0.05) is 84.1 Å². The Labute approximate surface area is 276 Å². The van der Waals surface area contributed by atoms with Crippen molar-refractivity contribution >= 4 is 28.7 Å². The fourth-order valence-corrected chi connectivity index (χ4v) is 6.56. The molecule has 1 unspecified atom stereocenters. The summed E-state index contributed by atoms with van der Waals surface area (Å²) in [5, 5.41) is 3.06. The molecular weight excluding hydrogens is 572 g/mol. The Bertz CT molecular complexity index is 1540. The van der Waals surface area contributed by atoms with Gasteiger partial charge in [0.2, 0.25) is 0 Å². The number of carbonyl (C=O) groups is 3. The van der Waals surface area contributed by atoms with E-state index in [9.17, 15) is 14.4 Å². The molecule has 246 valence electrons. The van der Waals surface area contributed by atoms with E-state index in [1.54, 1.807) is 0 Å². The second-order valence-corrected chi connectivity index (χ2v) is 14.4. The van der Waals surface area contributed by atoms with Crippen LogP contribution in [-0.2, 0) is 19.1 Å². The number of amides is 1. The van der Waals surface area contributed by atoms with Crippen LogP contribution in [0.4, 0.5) is 5.69 Å². The maximum Gasteiger partial charge on any atom is 0.255 e. The fraction of sp³-hybridized carbons (Fsp3) is 0.475. The number of nitrogens with zero attached hydrogens (tertiary/aromatic N) is 1. The average Bonchev–Trinajstić information content (AvgIpc) is 3.43. The van der Waals surface area contributed by atoms with Gasteiger partial charge in [0.05, 0.1) is 13.2 Å². The predicted octanol–water partition coefficient (Wildman–Crippen LogP) is 8.32. The highest BCUT2D eigenvalue weighted by Gasteiger charge is 2.44. The monoisotopic (exact) mass is 624 g/mol. The molecule has 1 aliphatic heterocycles. The predicted molar refractivity (Wildman–Crippen MR) is 188 cm³/mol. The number of aryl methyl sites for hydroxylation is 1. The molecule has 1 saturated heterocycles. The third-order valence-corrected chi connectivity index (χ3v) is 9.92. The van der Waals surface area contributed by atoms with Crippen molar-refractivity contribution in [3.05, 3.63) is 94.8 Å². The van der Waals surface area contributed by atoms with Gasteiger partial charge in [-0.15, -0.1) is 0 Å². The van der Waals surface area contributed by atoms with Crippen LogP contribution in [0.5, 0.6) is 0 Å².